The molecule has 1 amide bonds. The molecule has 22 heavy (non-hydrogen) atoms. The Morgan fingerprint density at radius 3 is 2.73 bits per heavy atom. The van der Waals surface area contributed by atoms with E-state index < -0.39 is 10.8 Å². The van der Waals surface area contributed by atoms with Gasteiger partial charge < -0.3 is 4.74 Å². The van der Waals surface area contributed by atoms with Crippen LogP contribution < -0.4 is 10.1 Å². The van der Waals surface area contributed by atoms with Gasteiger partial charge in [0.2, 0.25) is 0 Å². The van der Waals surface area contributed by atoms with E-state index in [0.29, 0.717) is 11.0 Å². The summed E-state index contributed by atoms with van der Waals surface area (Å²) in [5, 5.41) is 14.2. The second-order valence-corrected chi connectivity index (χ2v) is 5.85. The molecule has 8 heteroatoms. The smallest absolute Gasteiger partial charge is 0.323 e. The molecule has 0 saturated heterocycles. The van der Waals surface area contributed by atoms with Gasteiger partial charge in [0.15, 0.2) is 10.9 Å². The lowest BCUT2D eigenvalue weighted by atomic mass is 10.1. The van der Waals surface area contributed by atoms with Crippen molar-refractivity contribution in [1.82, 2.24) is 4.98 Å². The van der Waals surface area contributed by atoms with Crippen molar-refractivity contribution in [2.45, 2.75) is 19.8 Å². The highest BCUT2D eigenvalue weighted by molar-refractivity contribution is 7.15. The topological polar surface area (TPSA) is 94.4 Å². The van der Waals surface area contributed by atoms with E-state index in [1.165, 1.54) is 36.6 Å². The van der Waals surface area contributed by atoms with E-state index >= 15 is 0 Å². The Hall–Kier alpha value is -2.48. The molecule has 2 aromatic rings. The highest BCUT2D eigenvalue weighted by Crippen LogP contribution is 2.32. The molecule has 0 aliphatic carbocycles. The molecule has 1 aromatic carbocycles. The number of hydrogen-bond acceptors (Lipinski definition) is 6. The Balaban J connectivity index is 2.31. The van der Waals surface area contributed by atoms with Crippen LogP contribution in [-0.2, 0) is 0 Å². The standard InChI is InChI=1S/C14H15N3O4S/c1-8(2)11-7-15-14(22-11)16-13(18)9-5-4-6-10(21-3)12(9)17(19)20/h4-8H,1-3H3,(H,15,16,18). The largest absolute Gasteiger partial charge is 0.490 e. The van der Waals surface area contributed by atoms with Crippen LogP contribution in [0.25, 0.3) is 0 Å². The second-order valence-electron chi connectivity index (χ2n) is 4.79. The van der Waals surface area contributed by atoms with Crippen LogP contribution in [0.2, 0.25) is 0 Å². The van der Waals surface area contributed by atoms with Gasteiger partial charge in [-0.05, 0) is 18.1 Å². The van der Waals surface area contributed by atoms with Crippen molar-refractivity contribution >= 4 is 28.1 Å². The van der Waals surface area contributed by atoms with E-state index in [9.17, 15) is 14.9 Å². The van der Waals surface area contributed by atoms with Crippen LogP contribution in [0, 0.1) is 10.1 Å². The number of rotatable bonds is 5. The lowest BCUT2D eigenvalue weighted by Crippen LogP contribution is -2.14. The van der Waals surface area contributed by atoms with Gasteiger partial charge in [-0.15, -0.1) is 11.3 Å². The number of hydrogen-bond donors (Lipinski definition) is 1. The number of benzene rings is 1. The number of aromatic nitrogens is 1. The average Bonchev–Trinajstić information content (AvgIpc) is 2.94. The number of thiazole rings is 1. The van der Waals surface area contributed by atoms with Crippen LogP contribution >= 0.6 is 11.3 Å². The zero-order valence-electron chi connectivity index (χ0n) is 12.3. The third kappa shape index (κ3) is 3.22. The minimum atomic E-state index is -0.630. The lowest BCUT2D eigenvalue weighted by molar-refractivity contribution is -0.386. The number of methoxy groups -OCH3 is 1. The van der Waals surface area contributed by atoms with Crippen molar-refractivity contribution in [2.24, 2.45) is 0 Å². The molecule has 0 atom stereocenters. The Morgan fingerprint density at radius 2 is 2.18 bits per heavy atom. The first-order valence-corrected chi connectivity index (χ1v) is 7.34. The molecule has 7 nitrogen and oxygen atoms in total. The summed E-state index contributed by atoms with van der Waals surface area (Å²) >= 11 is 1.34. The molecule has 0 spiro atoms. The Kier molecular flexibility index (Phi) is 4.71. The number of ether oxygens (including phenoxy) is 1. The number of para-hydroxylation sites is 1. The first kappa shape index (κ1) is 15.9. The first-order valence-electron chi connectivity index (χ1n) is 6.52. The summed E-state index contributed by atoms with van der Waals surface area (Å²) in [4.78, 5) is 28.0. The van der Waals surface area contributed by atoms with Crippen LogP contribution in [0.1, 0.15) is 35.0 Å². The van der Waals surface area contributed by atoms with Gasteiger partial charge in [-0.2, -0.15) is 0 Å². The van der Waals surface area contributed by atoms with E-state index in [-0.39, 0.29) is 17.0 Å². The summed E-state index contributed by atoms with van der Waals surface area (Å²) in [6, 6.07) is 4.35. The van der Waals surface area contributed by atoms with Crippen LogP contribution in [0.3, 0.4) is 0 Å². The van der Waals surface area contributed by atoms with Gasteiger partial charge in [-0.25, -0.2) is 4.98 Å². The van der Waals surface area contributed by atoms with Crippen molar-refractivity contribution < 1.29 is 14.5 Å². The molecular weight excluding hydrogens is 306 g/mol. The van der Waals surface area contributed by atoms with Gasteiger partial charge in [0, 0.05) is 11.1 Å². The third-order valence-corrected chi connectivity index (χ3v) is 4.17. The quantitative estimate of drug-likeness (QED) is 0.672. The van der Waals surface area contributed by atoms with E-state index in [1.807, 2.05) is 13.8 Å². The summed E-state index contributed by atoms with van der Waals surface area (Å²) in [6.07, 6.45) is 1.69. The van der Waals surface area contributed by atoms with Crippen LogP contribution in [-0.4, -0.2) is 22.9 Å². The van der Waals surface area contributed by atoms with E-state index in [0.717, 1.165) is 4.88 Å². The van der Waals surface area contributed by atoms with Crippen molar-refractivity contribution in [2.75, 3.05) is 12.4 Å². The predicted octanol–water partition coefficient (Wildman–Crippen LogP) is 3.44. The molecule has 116 valence electrons. The summed E-state index contributed by atoms with van der Waals surface area (Å²) in [6.45, 7) is 4.04. The van der Waals surface area contributed by atoms with Crippen LogP contribution in [0.5, 0.6) is 5.75 Å². The zero-order valence-corrected chi connectivity index (χ0v) is 13.1. The fourth-order valence-electron chi connectivity index (χ4n) is 1.83. The van der Waals surface area contributed by atoms with Crippen molar-refractivity contribution in [3.63, 3.8) is 0 Å². The molecule has 0 saturated carbocycles. The van der Waals surface area contributed by atoms with E-state index in [2.05, 4.69) is 10.3 Å². The SMILES string of the molecule is COc1cccc(C(=O)Nc2ncc(C(C)C)s2)c1[N+](=O)[O-]. The number of amides is 1. The fraction of sp³-hybridized carbons (Fsp3) is 0.286. The third-order valence-electron chi connectivity index (χ3n) is 2.96. The van der Waals surface area contributed by atoms with Gasteiger partial charge in [-0.3, -0.25) is 20.2 Å². The van der Waals surface area contributed by atoms with Crippen molar-refractivity contribution in [1.29, 1.82) is 0 Å². The molecule has 2 rings (SSSR count). The Morgan fingerprint density at radius 1 is 1.45 bits per heavy atom. The number of nitro groups is 1. The maximum absolute atomic E-state index is 12.3. The minimum absolute atomic E-state index is 0.0414. The highest BCUT2D eigenvalue weighted by Gasteiger charge is 2.25. The number of carbonyl (C=O) groups excluding carboxylic acids is 1. The molecule has 1 N–H and O–H groups in total. The van der Waals surface area contributed by atoms with Gasteiger partial charge in [0.25, 0.3) is 5.91 Å². The van der Waals surface area contributed by atoms with Crippen molar-refractivity contribution in [3.8, 4) is 5.75 Å². The molecule has 0 aliphatic heterocycles. The van der Waals surface area contributed by atoms with E-state index in [4.69, 9.17) is 4.74 Å². The number of nitro benzene ring substituents is 1. The first-order chi connectivity index (χ1) is 10.4. The minimum Gasteiger partial charge on any atom is -0.490 e. The van der Waals surface area contributed by atoms with Crippen LogP contribution in [0.4, 0.5) is 10.8 Å². The number of carbonyl (C=O) groups is 1. The number of nitrogens with one attached hydrogen (secondary N) is 1. The Bertz CT molecular complexity index is 712. The molecule has 1 aromatic heterocycles. The summed E-state index contributed by atoms with van der Waals surface area (Å²) in [5.41, 5.74) is -0.422. The molecule has 0 unspecified atom stereocenters. The second kappa shape index (κ2) is 6.52. The average molecular weight is 321 g/mol. The maximum atomic E-state index is 12.3. The molecule has 0 aliphatic rings. The maximum Gasteiger partial charge on any atom is 0.323 e. The zero-order chi connectivity index (χ0) is 16.3. The monoisotopic (exact) mass is 321 g/mol. The van der Waals surface area contributed by atoms with Gasteiger partial charge >= 0.3 is 5.69 Å². The molecule has 0 radical (unpaired) electrons. The predicted molar refractivity (Wildman–Crippen MR) is 83.8 cm³/mol. The highest BCUT2D eigenvalue weighted by atomic mass is 32.1. The van der Waals surface area contributed by atoms with E-state index in [1.54, 1.807) is 6.20 Å². The molecular formula is C14H15N3O4S. The Labute approximate surface area is 131 Å². The fourth-order valence-corrected chi connectivity index (χ4v) is 2.65. The summed E-state index contributed by atoms with van der Waals surface area (Å²) in [7, 11) is 1.32. The summed E-state index contributed by atoms with van der Waals surface area (Å²) < 4.78 is 4.95. The van der Waals surface area contributed by atoms with Gasteiger partial charge in [0.1, 0.15) is 5.56 Å². The molecule has 0 bridgehead atoms. The summed E-state index contributed by atoms with van der Waals surface area (Å²) in [5.74, 6) is -0.246. The normalized spacial score (nSPS) is 10.5. The molecule has 1 heterocycles. The lowest BCUT2D eigenvalue weighted by Gasteiger charge is -2.06. The van der Waals surface area contributed by atoms with Gasteiger partial charge in [0.05, 0.1) is 12.0 Å². The number of anilines is 1. The van der Waals surface area contributed by atoms with Gasteiger partial charge in [-0.1, -0.05) is 19.9 Å². The van der Waals surface area contributed by atoms with Crippen molar-refractivity contribution in [3.05, 3.63) is 45.0 Å². The molecule has 0 fully saturated rings. The van der Waals surface area contributed by atoms with Crippen LogP contribution in [0.15, 0.2) is 24.4 Å². The number of nitrogens with zero attached hydrogens (tertiary/aromatic N) is 2.